The standard InChI is InChI=1S/C10H14N2O/c1-3-4-7-11-10-6-5-9(13-2)8-12-10/h3,5-6,8H,1,4,7H2,2H3,(H,11,12). The van der Waals surface area contributed by atoms with Gasteiger partial charge in [0.15, 0.2) is 0 Å². The number of nitrogens with one attached hydrogen (secondary N) is 1. The van der Waals surface area contributed by atoms with Gasteiger partial charge in [-0.2, -0.15) is 0 Å². The lowest BCUT2D eigenvalue weighted by Gasteiger charge is -2.04. The van der Waals surface area contributed by atoms with Gasteiger partial charge in [-0.3, -0.25) is 0 Å². The van der Waals surface area contributed by atoms with Gasteiger partial charge in [0.25, 0.3) is 0 Å². The first kappa shape index (κ1) is 9.58. The fourth-order valence-corrected chi connectivity index (χ4v) is 0.908. The zero-order valence-corrected chi connectivity index (χ0v) is 7.79. The van der Waals surface area contributed by atoms with Crippen LogP contribution in [0.25, 0.3) is 0 Å². The first-order chi connectivity index (χ1) is 6.36. The van der Waals surface area contributed by atoms with E-state index in [2.05, 4.69) is 16.9 Å². The number of anilines is 1. The molecule has 13 heavy (non-hydrogen) atoms. The van der Waals surface area contributed by atoms with E-state index in [1.165, 1.54) is 0 Å². The number of methoxy groups -OCH3 is 1. The number of rotatable bonds is 5. The highest BCUT2D eigenvalue weighted by atomic mass is 16.5. The Morgan fingerprint density at radius 1 is 1.62 bits per heavy atom. The largest absolute Gasteiger partial charge is 0.495 e. The topological polar surface area (TPSA) is 34.1 Å². The lowest BCUT2D eigenvalue weighted by molar-refractivity contribution is 0.413. The maximum Gasteiger partial charge on any atom is 0.137 e. The van der Waals surface area contributed by atoms with Crippen molar-refractivity contribution in [3.8, 4) is 5.75 Å². The molecule has 1 rings (SSSR count). The second-order valence-electron chi connectivity index (χ2n) is 2.59. The Labute approximate surface area is 78.4 Å². The van der Waals surface area contributed by atoms with Crippen LogP contribution < -0.4 is 10.1 Å². The molecule has 3 heteroatoms. The molecule has 1 aromatic heterocycles. The van der Waals surface area contributed by atoms with Crippen LogP contribution in [0, 0.1) is 0 Å². The lowest BCUT2D eigenvalue weighted by atomic mass is 10.4. The Kier molecular flexibility index (Phi) is 3.82. The molecule has 3 nitrogen and oxygen atoms in total. The minimum atomic E-state index is 0.772. The average Bonchev–Trinajstić information content (AvgIpc) is 2.19. The molecule has 0 atom stereocenters. The monoisotopic (exact) mass is 178 g/mol. The molecule has 0 spiro atoms. The molecule has 0 fully saturated rings. The van der Waals surface area contributed by atoms with Gasteiger partial charge in [-0.05, 0) is 18.6 Å². The number of aromatic nitrogens is 1. The van der Waals surface area contributed by atoms with Crippen molar-refractivity contribution in [2.75, 3.05) is 19.0 Å². The molecule has 0 saturated heterocycles. The molecule has 1 N–H and O–H groups in total. The third-order valence-electron chi connectivity index (χ3n) is 1.63. The van der Waals surface area contributed by atoms with Crippen LogP contribution in [-0.4, -0.2) is 18.6 Å². The Balaban J connectivity index is 2.44. The van der Waals surface area contributed by atoms with Crippen LogP contribution in [-0.2, 0) is 0 Å². The highest BCUT2D eigenvalue weighted by molar-refractivity contribution is 5.37. The van der Waals surface area contributed by atoms with Gasteiger partial charge in [-0.15, -0.1) is 6.58 Å². The van der Waals surface area contributed by atoms with E-state index in [0.717, 1.165) is 24.5 Å². The van der Waals surface area contributed by atoms with Crippen molar-refractivity contribution >= 4 is 5.82 Å². The predicted octanol–water partition coefficient (Wildman–Crippen LogP) is 2.08. The quantitative estimate of drug-likeness (QED) is 0.553. The van der Waals surface area contributed by atoms with E-state index in [1.54, 1.807) is 13.3 Å². The van der Waals surface area contributed by atoms with E-state index in [0.29, 0.717) is 0 Å². The Hall–Kier alpha value is -1.51. The molecule has 0 aliphatic rings. The highest BCUT2D eigenvalue weighted by Gasteiger charge is 1.92. The molecule has 0 bridgehead atoms. The zero-order valence-electron chi connectivity index (χ0n) is 7.79. The lowest BCUT2D eigenvalue weighted by Crippen LogP contribution is -2.01. The normalized spacial score (nSPS) is 9.31. The van der Waals surface area contributed by atoms with E-state index >= 15 is 0 Å². The van der Waals surface area contributed by atoms with E-state index in [-0.39, 0.29) is 0 Å². The average molecular weight is 178 g/mol. The third kappa shape index (κ3) is 3.15. The van der Waals surface area contributed by atoms with Crippen LogP contribution in [0.2, 0.25) is 0 Å². The summed E-state index contributed by atoms with van der Waals surface area (Å²) in [5, 5.41) is 3.16. The summed E-state index contributed by atoms with van der Waals surface area (Å²) in [6.07, 6.45) is 4.50. The number of hydrogen-bond acceptors (Lipinski definition) is 3. The Bertz CT molecular complexity index is 256. The fraction of sp³-hybridized carbons (Fsp3) is 0.300. The van der Waals surface area contributed by atoms with Gasteiger partial charge < -0.3 is 10.1 Å². The zero-order chi connectivity index (χ0) is 9.52. The minimum Gasteiger partial charge on any atom is -0.495 e. The van der Waals surface area contributed by atoms with E-state index in [9.17, 15) is 0 Å². The molecule has 70 valence electrons. The second-order valence-corrected chi connectivity index (χ2v) is 2.59. The molecule has 0 aliphatic heterocycles. The molecule has 0 radical (unpaired) electrons. The van der Waals surface area contributed by atoms with Crippen LogP contribution >= 0.6 is 0 Å². The fourth-order valence-electron chi connectivity index (χ4n) is 0.908. The first-order valence-electron chi connectivity index (χ1n) is 4.21. The van der Waals surface area contributed by atoms with Gasteiger partial charge >= 0.3 is 0 Å². The van der Waals surface area contributed by atoms with E-state index in [4.69, 9.17) is 4.74 Å². The minimum absolute atomic E-state index is 0.772. The summed E-state index contributed by atoms with van der Waals surface area (Å²) < 4.78 is 4.99. The first-order valence-corrected chi connectivity index (χ1v) is 4.21. The van der Waals surface area contributed by atoms with Gasteiger partial charge in [-0.1, -0.05) is 6.08 Å². The molecule has 0 aliphatic carbocycles. The Morgan fingerprint density at radius 2 is 2.46 bits per heavy atom. The molecule has 0 saturated carbocycles. The molecular formula is C10H14N2O. The van der Waals surface area contributed by atoms with Crippen molar-refractivity contribution in [2.45, 2.75) is 6.42 Å². The summed E-state index contributed by atoms with van der Waals surface area (Å²) in [4.78, 5) is 4.15. The van der Waals surface area contributed by atoms with Crippen LogP contribution in [0.15, 0.2) is 31.0 Å². The SMILES string of the molecule is C=CCCNc1ccc(OC)cn1. The molecule has 0 amide bonds. The molecule has 1 aromatic rings. The second kappa shape index (κ2) is 5.19. The summed E-state index contributed by atoms with van der Waals surface area (Å²) in [7, 11) is 1.63. The van der Waals surface area contributed by atoms with Crippen LogP contribution in [0.4, 0.5) is 5.82 Å². The third-order valence-corrected chi connectivity index (χ3v) is 1.63. The number of ether oxygens (including phenoxy) is 1. The van der Waals surface area contributed by atoms with Crippen molar-refractivity contribution in [3.63, 3.8) is 0 Å². The summed E-state index contributed by atoms with van der Waals surface area (Å²) in [5.41, 5.74) is 0. The van der Waals surface area contributed by atoms with Gasteiger partial charge in [0.2, 0.25) is 0 Å². The molecule has 0 unspecified atom stereocenters. The van der Waals surface area contributed by atoms with E-state index in [1.807, 2.05) is 18.2 Å². The van der Waals surface area contributed by atoms with Crippen LogP contribution in [0.1, 0.15) is 6.42 Å². The maximum atomic E-state index is 4.99. The molecule has 0 aromatic carbocycles. The van der Waals surface area contributed by atoms with Crippen LogP contribution in [0.3, 0.4) is 0 Å². The highest BCUT2D eigenvalue weighted by Crippen LogP contribution is 2.10. The Morgan fingerprint density at radius 3 is 3.00 bits per heavy atom. The maximum absolute atomic E-state index is 4.99. The number of nitrogens with zero attached hydrogens (tertiary/aromatic N) is 1. The van der Waals surface area contributed by atoms with Gasteiger partial charge in [0, 0.05) is 6.54 Å². The van der Waals surface area contributed by atoms with E-state index < -0.39 is 0 Å². The van der Waals surface area contributed by atoms with Gasteiger partial charge in [-0.25, -0.2) is 4.98 Å². The summed E-state index contributed by atoms with van der Waals surface area (Å²) in [6.45, 7) is 4.50. The van der Waals surface area contributed by atoms with Gasteiger partial charge in [0.05, 0.1) is 13.3 Å². The molecular weight excluding hydrogens is 164 g/mol. The van der Waals surface area contributed by atoms with Crippen molar-refractivity contribution < 1.29 is 4.74 Å². The van der Waals surface area contributed by atoms with Crippen molar-refractivity contribution in [1.82, 2.24) is 4.98 Å². The number of hydrogen-bond donors (Lipinski definition) is 1. The van der Waals surface area contributed by atoms with Crippen molar-refractivity contribution in [1.29, 1.82) is 0 Å². The van der Waals surface area contributed by atoms with Gasteiger partial charge in [0.1, 0.15) is 11.6 Å². The molecule has 1 heterocycles. The van der Waals surface area contributed by atoms with Crippen molar-refractivity contribution in [3.05, 3.63) is 31.0 Å². The van der Waals surface area contributed by atoms with Crippen molar-refractivity contribution in [2.24, 2.45) is 0 Å². The summed E-state index contributed by atoms with van der Waals surface area (Å²) in [5.74, 6) is 1.64. The number of pyridine rings is 1. The summed E-state index contributed by atoms with van der Waals surface area (Å²) in [6, 6.07) is 3.77. The summed E-state index contributed by atoms with van der Waals surface area (Å²) >= 11 is 0. The van der Waals surface area contributed by atoms with Crippen LogP contribution in [0.5, 0.6) is 5.75 Å². The predicted molar refractivity (Wildman–Crippen MR) is 54.1 cm³/mol. The smallest absolute Gasteiger partial charge is 0.137 e.